The van der Waals surface area contributed by atoms with Crippen molar-refractivity contribution < 1.29 is 4.79 Å². The van der Waals surface area contributed by atoms with Crippen LogP contribution in [0.5, 0.6) is 0 Å². The Balaban J connectivity index is 1.96. The maximum Gasteiger partial charge on any atom is 0.315 e. The number of rotatable bonds is 6. The number of carbonyl (C=O) groups excluding carboxylic acids is 1. The summed E-state index contributed by atoms with van der Waals surface area (Å²) in [6, 6.07) is 8.06. The van der Waals surface area contributed by atoms with Crippen LogP contribution in [0.15, 0.2) is 30.8 Å². The average Bonchev–Trinajstić information content (AvgIpc) is 3.08. The predicted molar refractivity (Wildman–Crippen MR) is 106 cm³/mol. The van der Waals surface area contributed by atoms with Crippen molar-refractivity contribution in [1.29, 1.82) is 0 Å². The number of likely N-dealkylation sites (tertiary alicyclic amines) is 1. The molecule has 0 saturated carbocycles. The summed E-state index contributed by atoms with van der Waals surface area (Å²) >= 11 is 0. The van der Waals surface area contributed by atoms with Crippen molar-refractivity contribution in [3.63, 3.8) is 0 Å². The van der Waals surface area contributed by atoms with E-state index in [0.717, 1.165) is 29.8 Å². The molecule has 0 bridgehead atoms. The van der Waals surface area contributed by atoms with Gasteiger partial charge in [0.05, 0.1) is 5.54 Å². The lowest BCUT2D eigenvalue weighted by molar-refractivity contribution is 0.151. The van der Waals surface area contributed by atoms with Gasteiger partial charge in [-0.1, -0.05) is 30.4 Å². The molecule has 2 rings (SSSR count). The molecule has 0 unspecified atom stereocenters. The van der Waals surface area contributed by atoms with E-state index in [0.29, 0.717) is 6.54 Å². The average molecular weight is 344 g/mol. The molecule has 4 nitrogen and oxygen atoms in total. The molecule has 2 N–H and O–H groups in total. The normalized spacial score (nSPS) is 15.9. The fourth-order valence-electron chi connectivity index (χ4n) is 3.30. The highest BCUT2D eigenvalue weighted by atomic mass is 16.2. The lowest BCUT2D eigenvalue weighted by Gasteiger charge is -2.36. The third-order valence-electron chi connectivity index (χ3n) is 5.15. The van der Waals surface area contributed by atoms with E-state index in [2.05, 4.69) is 42.0 Å². The van der Waals surface area contributed by atoms with E-state index < -0.39 is 5.54 Å². The third-order valence-corrected chi connectivity index (χ3v) is 5.15. The topological polar surface area (TPSA) is 44.4 Å². The number of amides is 2. The summed E-state index contributed by atoms with van der Waals surface area (Å²) in [7, 11) is 0. The van der Waals surface area contributed by atoms with Gasteiger partial charge < -0.3 is 10.6 Å². The number of urea groups is 1. The maximum atomic E-state index is 12.5. The van der Waals surface area contributed by atoms with Crippen molar-refractivity contribution in [3.8, 4) is 0 Å². The third kappa shape index (κ3) is 5.08. The van der Waals surface area contributed by atoms with E-state index in [4.69, 9.17) is 0 Å². The first-order valence-corrected chi connectivity index (χ1v) is 9.19. The lowest BCUT2D eigenvalue weighted by atomic mass is 9.92. The van der Waals surface area contributed by atoms with Gasteiger partial charge >= 0.3 is 6.03 Å². The molecule has 25 heavy (non-hydrogen) atoms. The second-order valence-electron chi connectivity index (χ2n) is 8.30. The molecular formula is C21H33N3O. The molecule has 1 aliphatic heterocycles. The van der Waals surface area contributed by atoms with Crippen molar-refractivity contribution in [2.45, 2.75) is 58.5 Å². The number of hydrogen-bond donors (Lipinski definition) is 2. The molecule has 0 aliphatic carbocycles. The number of nitrogens with one attached hydrogen (secondary N) is 2. The largest absolute Gasteiger partial charge is 0.336 e. The zero-order valence-electron chi connectivity index (χ0n) is 16.4. The van der Waals surface area contributed by atoms with Gasteiger partial charge in [0.25, 0.3) is 0 Å². The molecular weight excluding hydrogens is 310 g/mol. The van der Waals surface area contributed by atoms with E-state index in [1.165, 1.54) is 12.8 Å². The molecule has 0 spiro atoms. The first kappa shape index (κ1) is 19.5. The summed E-state index contributed by atoms with van der Waals surface area (Å²) in [5.74, 6) is 0. The summed E-state index contributed by atoms with van der Waals surface area (Å²) in [6.07, 6.45) is 2.50. The molecule has 1 aromatic carbocycles. The van der Waals surface area contributed by atoms with Crippen LogP contribution in [0.1, 0.15) is 58.6 Å². The highest BCUT2D eigenvalue weighted by Gasteiger charge is 2.30. The Kier molecular flexibility index (Phi) is 5.94. The van der Waals surface area contributed by atoms with Crippen LogP contribution < -0.4 is 10.6 Å². The molecule has 1 fully saturated rings. The number of benzene rings is 1. The Morgan fingerprint density at radius 3 is 2.44 bits per heavy atom. The fraction of sp³-hybridized carbons (Fsp3) is 0.571. The van der Waals surface area contributed by atoms with Gasteiger partial charge in [-0.25, -0.2) is 4.79 Å². The summed E-state index contributed by atoms with van der Waals surface area (Å²) in [5, 5.41) is 6.16. The smallest absolute Gasteiger partial charge is 0.315 e. The minimum atomic E-state index is -0.451. The minimum absolute atomic E-state index is 0.0160. The van der Waals surface area contributed by atoms with Gasteiger partial charge in [-0.3, -0.25) is 4.90 Å². The van der Waals surface area contributed by atoms with Crippen molar-refractivity contribution in [2.24, 2.45) is 0 Å². The Hall–Kier alpha value is -1.81. The second-order valence-corrected chi connectivity index (χ2v) is 8.30. The number of allylic oxidation sites excluding steroid dienone is 1. The molecule has 0 aromatic heterocycles. The van der Waals surface area contributed by atoms with Gasteiger partial charge in [0, 0.05) is 12.1 Å². The molecule has 1 heterocycles. The SMILES string of the molecule is C=C(C)c1cccc(C(C)(C)NC(=O)NCC(C)(C)N2CCCC2)c1. The highest BCUT2D eigenvalue weighted by Crippen LogP contribution is 2.24. The van der Waals surface area contributed by atoms with Crippen molar-refractivity contribution in [2.75, 3.05) is 19.6 Å². The number of carbonyl (C=O) groups is 1. The molecule has 0 atom stereocenters. The van der Waals surface area contributed by atoms with E-state index >= 15 is 0 Å². The highest BCUT2D eigenvalue weighted by molar-refractivity contribution is 5.75. The maximum absolute atomic E-state index is 12.5. The van der Waals surface area contributed by atoms with E-state index in [1.807, 2.05) is 39.0 Å². The van der Waals surface area contributed by atoms with Crippen LogP contribution in [0.4, 0.5) is 4.79 Å². The van der Waals surface area contributed by atoms with Crippen molar-refractivity contribution in [1.82, 2.24) is 15.5 Å². The van der Waals surface area contributed by atoms with Gasteiger partial charge in [0.2, 0.25) is 0 Å². The molecule has 0 radical (unpaired) electrons. The van der Waals surface area contributed by atoms with Crippen LogP contribution in [-0.4, -0.2) is 36.1 Å². The van der Waals surface area contributed by atoms with E-state index in [9.17, 15) is 4.79 Å². The molecule has 2 amide bonds. The van der Waals surface area contributed by atoms with Gasteiger partial charge in [0.1, 0.15) is 0 Å². The summed E-state index contributed by atoms with van der Waals surface area (Å²) < 4.78 is 0. The monoisotopic (exact) mass is 343 g/mol. The summed E-state index contributed by atoms with van der Waals surface area (Å²) in [5.41, 5.74) is 2.73. The van der Waals surface area contributed by atoms with Crippen LogP contribution in [-0.2, 0) is 5.54 Å². The quantitative estimate of drug-likeness (QED) is 0.816. The van der Waals surface area contributed by atoms with Crippen LogP contribution >= 0.6 is 0 Å². The number of hydrogen-bond acceptors (Lipinski definition) is 2. The van der Waals surface area contributed by atoms with Crippen molar-refractivity contribution in [3.05, 3.63) is 42.0 Å². The van der Waals surface area contributed by atoms with Crippen LogP contribution in [0.3, 0.4) is 0 Å². The Morgan fingerprint density at radius 2 is 1.84 bits per heavy atom. The van der Waals surface area contributed by atoms with Gasteiger partial charge in [-0.2, -0.15) is 0 Å². The van der Waals surface area contributed by atoms with Crippen LogP contribution in [0.25, 0.3) is 5.57 Å². The molecule has 1 saturated heterocycles. The Morgan fingerprint density at radius 1 is 1.20 bits per heavy atom. The second kappa shape index (κ2) is 7.61. The minimum Gasteiger partial charge on any atom is -0.336 e. The predicted octanol–water partition coefficient (Wildman–Crippen LogP) is 4.13. The Labute approximate surface area is 152 Å². The zero-order chi connectivity index (χ0) is 18.7. The van der Waals surface area contributed by atoms with Crippen molar-refractivity contribution >= 4 is 11.6 Å². The standard InChI is InChI=1S/C21H33N3O/c1-16(2)17-10-9-11-18(14-17)21(5,6)23-19(25)22-15-20(3,4)24-12-7-8-13-24/h9-11,14H,1,7-8,12-13,15H2,2-6H3,(H2,22,23,25). The van der Waals surface area contributed by atoms with E-state index in [1.54, 1.807) is 0 Å². The number of nitrogens with zero attached hydrogens (tertiary/aromatic N) is 1. The molecule has 4 heteroatoms. The van der Waals surface area contributed by atoms with Gasteiger partial charge in [-0.05, 0) is 77.7 Å². The van der Waals surface area contributed by atoms with Crippen LogP contribution in [0.2, 0.25) is 0 Å². The molecule has 1 aliphatic rings. The summed E-state index contributed by atoms with van der Waals surface area (Å²) in [6.45, 7) is 17.3. The van der Waals surface area contributed by atoms with Gasteiger partial charge in [0.15, 0.2) is 0 Å². The first-order valence-electron chi connectivity index (χ1n) is 9.19. The molecule has 138 valence electrons. The lowest BCUT2D eigenvalue weighted by Crippen LogP contribution is -2.54. The van der Waals surface area contributed by atoms with Gasteiger partial charge in [-0.15, -0.1) is 0 Å². The van der Waals surface area contributed by atoms with E-state index in [-0.39, 0.29) is 11.6 Å². The Bertz CT molecular complexity index is 628. The summed E-state index contributed by atoms with van der Waals surface area (Å²) in [4.78, 5) is 14.9. The first-order chi connectivity index (χ1) is 11.6. The molecule has 1 aromatic rings. The van der Waals surface area contributed by atoms with Crippen LogP contribution in [0, 0.1) is 0 Å². The fourth-order valence-corrected chi connectivity index (χ4v) is 3.30. The zero-order valence-corrected chi connectivity index (χ0v) is 16.4.